The van der Waals surface area contributed by atoms with Crippen molar-refractivity contribution in [3.8, 4) is 28.7 Å². The third kappa shape index (κ3) is 4.41. The van der Waals surface area contributed by atoms with Gasteiger partial charge in [0.25, 0.3) is 0 Å². The molecule has 0 fully saturated rings. The quantitative estimate of drug-likeness (QED) is 0.378. The molecule has 0 saturated carbocycles. The summed E-state index contributed by atoms with van der Waals surface area (Å²) in [4.78, 5) is 0. The molecule has 1 N–H and O–H groups in total. The van der Waals surface area contributed by atoms with Crippen molar-refractivity contribution in [3.05, 3.63) is 75.9 Å². The fourth-order valence-electron chi connectivity index (χ4n) is 3.77. The number of anilines is 1. The summed E-state index contributed by atoms with van der Waals surface area (Å²) in [6.45, 7) is 4.32. The number of aryl methyl sites for hydroxylation is 2. The molecule has 0 atom stereocenters. The Bertz CT molecular complexity index is 1400. The minimum Gasteiger partial charge on any atom is -0.497 e. The fourth-order valence-corrected chi connectivity index (χ4v) is 3.93. The molecule has 0 saturated heterocycles. The molecular weight excluding hydrogens is 436 g/mol. The number of hydrogen-bond acceptors (Lipinski definition) is 6. The lowest BCUT2D eigenvalue weighted by Crippen LogP contribution is -2.06. The fraction of sp³-hybridized carbons (Fsp3) is 0.192. The molecular formula is C26H23ClN4O2. The van der Waals surface area contributed by atoms with Crippen molar-refractivity contribution in [1.29, 1.82) is 5.26 Å². The maximum atomic E-state index is 9.62. The van der Waals surface area contributed by atoms with Gasteiger partial charge in [-0.15, -0.1) is 5.10 Å². The largest absolute Gasteiger partial charge is 0.497 e. The first-order valence-electron chi connectivity index (χ1n) is 10.4. The van der Waals surface area contributed by atoms with Crippen LogP contribution in [0.5, 0.6) is 11.5 Å². The van der Waals surface area contributed by atoms with E-state index >= 15 is 0 Å². The smallest absolute Gasteiger partial charge is 0.156 e. The number of benzene rings is 3. The molecule has 33 heavy (non-hydrogen) atoms. The van der Waals surface area contributed by atoms with Gasteiger partial charge < -0.3 is 14.8 Å². The maximum absolute atomic E-state index is 9.62. The Balaban J connectivity index is 1.71. The van der Waals surface area contributed by atoms with E-state index < -0.39 is 0 Å². The second-order valence-electron chi connectivity index (χ2n) is 7.68. The van der Waals surface area contributed by atoms with E-state index in [0.29, 0.717) is 22.9 Å². The monoisotopic (exact) mass is 458 g/mol. The molecule has 0 aliphatic carbocycles. The third-order valence-electron chi connectivity index (χ3n) is 5.64. The molecule has 166 valence electrons. The number of ether oxygens (including phenoxy) is 2. The van der Waals surface area contributed by atoms with Crippen LogP contribution in [0.3, 0.4) is 0 Å². The van der Waals surface area contributed by atoms with Gasteiger partial charge in [0.15, 0.2) is 5.82 Å². The lowest BCUT2D eigenvalue weighted by molar-refractivity contribution is 0.391. The first-order valence-corrected chi connectivity index (χ1v) is 10.8. The van der Waals surface area contributed by atoms with Crippen LogP contribution in [0.2, 0.25) is 5.02 Å². The van der Waals surface area contributed by atoms with Crippen LogP contribution in [-0.2, 0) is 6.54 Å². The summed E-state index contributed by atoms with van der Waals surface area (Å²) in [6, 6.07) is 17.6. The number of hydrogen-bond donors (Lipinski definition) is 1. The summed E-state index contributed by atoms with van der Waals surface area (Å²) in [6.07, 6.45) is 0. The van der Waals surface area contributed by atoms with Gasteiger partial charge >= 0.3 is 0 Å². The summed E-state index contributed by atoms with van der Waals surface area (Å²) < 4.78 is 10.8. The molecule has 1 heterocycles. The van der Waals surface area contributed by atoms with Gasteiger partial charge in [-0.3, -0.25) is 0 Å². The number of nitriles is 1. The predicted molar refractivity (Wildman–Crippen MR) is 131 cm³/mol. The Morgan fingerprint density at radius 2 is 1.79 bits per heavy atom. The van der Waals surface area contributed by atoms with Crippen molar-refractivity contribution in [2.75, 3.05) is 19.5 Å². The Morgan fingerprint density at radius 1 is 0.970 bits per heavy atom. The zero-order valence-corrected chi connectivity index (χ0v) is 19.6. The number of halogens is 1. The van der Waals surface area contributed by atoms with E-state index in [2.05, 4.69) is 21.6 Å². The highest BCUT2D eigenvalue weighted by molar-refractivity contribution is 6.31. The van der Waals surface area contributed by atoms with Crippen molar-refractivity contribution in [2.24, 2.45) is 0 Å². The van der Waals surface area contributed by atoms with E-state index in [0.717, 1.165) is 50.2 Å². The van der Waals surface area contributed by atoms with Gasteiger partial charge in [-0.1, -0.05) is 17.7 Å². The van der Waals surface area contributed by atoms with Crippen LogP contribution in [0.4, 0.5) is 5.82 Å². The van der Waals surface area contributed by atoms with Crippen LogP contribution in [-0.4, -0.2) is 24.4 Å². The Kier molecular flexibility index (Phi) is 6.34. The first kappa shape index (κ1) is 22.4. The number of methoxy groups -OCH3 is 2. The average Bonchev–Trinajstić information content (AvgIpc) is 2.84. The van der Waals surface area contributed by atoms with Crippen LogP contribution in [0.1, 0.15) is 22.4 Å². The van der Waals surface area contributed by atoms with E-state index in [1.807, 2.05) is 62.4 Å². The van der Waals surface area contributed by atoms with Gasteiger partial charge in [0, 0.05) is 39.5 Å². The first-order chi connectivity index (χ1) is 15.9. The third-order valence-corrected chi connectivity index (χ3v) is 6.04. The van der Waals surface area contributed by atoms with Gasteiger partial charge in [-0.05, 0) is 61.4 Å². The van der Waals surface area contributed by atoms with Crippen LogP contribution in [0.15, 0.2) is 48.5 Å². The van der Waals surface area contributed by atoms with E-state index in [1.165, 1.54) is 0 Å². The summed E-state index contributed by atoms with van der Waals surface area (Å²) in [5.74, 6) is 2.13. The van der Waals surface area contributed by atoms with E-state index in [9.17, 15) is 5.26 Å². The van der Waals surface area contributed by atoms with Crippen LogP contribution in [0.25, 0.3) is 21.9 Å². The highest BCUT2D eigenvalue weighted by Gasteiger charge is 2.13. The zero-order chi connectivity index (χ0) is 23.5. The molecule has 3 aromatic carbocycles. The second kappa shape index (κ2) is 9.35. The molecule has 0 amide bonds. The van der Waals surface area contributed by atoms with Gasteiger partial charge in [-0.2, -0.15) is 10.4 Å². The van der Waals surface area contributed by atoms with Crippen molar-refractivity contribution in [1.82, 2.24) is 10.2 Å². The van der Waals surface area contributed by atoms with Gasteiger partial charge in [-0.25, -0.2) is 0 Å². The summed E-state index contributed by atoms with van der Waals surface area (Å²) in [5, 5.41) is 24.2. The van der Waals surface area contributed by atoms with Crippen LogP contribution < -0.4 is 14.8 Å². The van der Waals surface area contributed by atoms with E-state index in [-0.39, 0.29) is 0 Å². The lowest BCUT2D eigenvalue weighted by Gasteiger charge is -2.14. The molecule has 1 aromatic heterocycles. The number of rotatable bonds is 6. The zero-order valence-electron chi connectivity index (χ0n) is 18.9. The average molecular weight is 459 g/mol. The molecule has 0 unspecified atom stereocenters. The minimum atomic E-state index is 0.508. The molecule has 4 aromatic rings. The Hall–Kier alpha value is -3.82. The minimum absolute atomic E-state index is 0.508. The number of nitrogens with one attached hydrogen (secondary N) is 1. The van der Waals surface area contributed by atoms with Crippen molar-refractivity contribution in [2.45, 2.75) is 20.4 Å². The summed E-state index contributed by atoms with van der Waals surface area (Å²) in [5.41, 5.74) is 4.93. The molecule has 0 spiro atoms. The molecule has 7 heteroatoms. The van der Waals surface area contributed by atoms with E-state index in [1.54, 1.807) is 14.2 Å². The van der Waals surface area contributed by atoms with Gasteiger partial charge in [0.2, 0.25) is 0 Å². The Morgan fingerprint density at radius 3 is 2.52 bits per heavy atom. The summed E-state index contributed by atoms with van der Waals surface area (Å²) in [7, 11) is 3.26. The highest BCUT2D eigenvalue weighted by atomic mass is 35.5. The number of fused-ring (bicyclic) bond motifs is 1. The molecule has 4 rings (SSSR count). The Labute approximate surface area is 197 Å². The highest BCUT2D eigenvalue weighted by Crippen LogP contribution is 2.33. The number of nitrogens with zero attached hydrogens (tertiary/aromatic N) is 3. The van der Waals surface area contributed by atoms with Crippen LogP contribution in [0, 0.1) is 25.2 Å². The predicted octanol–water partition coefficient (Wildman–Crippen LogP) is 6.07. The molecule has 0 aliphatic rings. The second-order valence-corrected chi connectivity index (χ2v) is 8.09. The standard InChI is InChI=1S/C26H23ClN4O2/c1-15-9-19(13-28)23(12-24(15)27)17-6-8-21-22(10-17)16(2)30-31-26(21)29-14-18-5-7-20(32-3)11-25(18)33-4/h5-12H,14H2,1-4H3,(H,29,31). The van der Waals surface area contributed by atoms with Crippen molar-refractivity contribution in [3.63, 3.8) is 0 Å². The molecule has 0 radical (unpaired) electrons. The maximum Gasteiger partial charge on any atom is 0.156 e. The van der Waals surface area contributed by atoms with Crippen molar-refractivity contribution < 1.29 is 9.47 Å². The summed E-state index contributed by atoms with van der Waals surface area (Å²) >= 11 is 6.35. The number of aromatic nitrogens is 2. The normalized spacial score (nSPS) is 10.7. The molecule has 6 nitrogen and oxygen atoms in total. The van der Waals surface area contributed by atoms with E-state index in [4.69, 9.17) is 21.1 Å². The lowest BCUT2D eigenvalue weighted by atomic mass is 9.96. The molecule has 0 bridgehead atoms. The van der Waals surface area contributed by atoms with Gasteiger partial charge in [0.05, 0.1) is 31.5 Å². The molecule has 0 aliphatic heterocycles. The SMILES string of the molecule is COc1ccc(CNc2nnc(C)c3cc(-c4cc(Cl)c(C)cc4C#N)ccc23)c(OC)c1. The van der Waals surface area contributed by atoms with Crippen molar-refractivity contribution >= 4 is 28.2 Å². The van der Waals surface area contributed by atoms with Crippen LogP contribution >= 0.6 is 11.6 Å². The topological polar surface area (TPSA) is 80.1 Å². The van der Waals surface area contributed by atoms with Gasteiger partial charge in [0.1, 0.15) is 11.5 Å².